The summed E-state index contributed by atoms with van der Waals surface area (Å²) >= 11 is 0. The molecule has 0 radical (unpaired) electrons. The third-order valence-electron chi connectivity index (χ3n) is 6.40. The largest absolute Gasteiger partial charge is 0.381 e. The number of ether oxygens (including phenoxy) is 2. The van der Waals surface area contributed by atoms with Gasteiger partial charge in [0.05, 0.1) is 11.8 Å². The summed E-state index contributed by atoms with van der Waals surface area (Å²) in [5.41, 5.74) is 3.56. The predicted molar refractivity (Wildman–Crippen MR) is 108 cm³/mol. The second-order valence-electron chi connectivity index (χ2n) is 7.74. The van der Waals surface area contributed by atoms with Gasteiger partial charge in [0.25, 0.3) is 5.91 Å². The molecule has 1 aromatic carbocycles. The molecular weight excluding hydrogens is 352 g/mol. The van der Waals surface area contributed by atoms with Crippen LogP contribution in [0.4, 0.5) is 0 Å². The van der Waals surface area contributed by atoms with Crippen LogP contribution < -0.4 is 5.32 Å². The van der Waals surface area contributed by atoms with Crippen molar-refractivity contribution in [2.45, 2.75) is 45.3 Å². The monoisotopic (exact) mass is 380 g/mol. The van der Waals surface area contributed by atoms with Crippen LogP contribution in [0.1, 0.15) is 42.1 Å². The minimum atomic E-state index is -0.0129. The Hall–Kier alpha value is -2.24. The Bertz CT molecular complexity index is 831. The number of rotatable bonds is 5. The van der Waals surface area contributed by atoms with Crippen LogP contribution in [0.15, 0.2) is 42.6 Å². The molecule has 1 aliphatic carbocycles. The van der Waals surface area contributed by atoms with Gasteiger partial charge < -0.3 is 14.8 Å². The van der Waals surface area contributed by atoms with Crippen molar-refractivity contribution in [1.29, 1.82) is 0 Å². The van der Waals surface area contributed by atoms with Crippen molar-refractivity contribution in [3.05, 3.63) is 53.7 Å². The minimum Gasteiger partial charge on any atom is -0.381 e. The topological polar surface area (TPSA) is 60.5 Å². The van der Waals surface area contributed by atoms with E-state index in [0.717, 1.165) is 49.3 Å². The molecule has 0 bridgehead atoms. The number of aromatic nitrogens is 1. The number of nitrogens with one attached hydrogen (secondary N) is 1. The summed E-state index contributed by atoms with van der Waals surface area (Å²) in [5, 5.41) is 3.31. The van der Waals surface area contributed by atoms with E-state index in [1.165, 1.54) is 0 Å². The van der Waals surface area contributed by atoms with Gasteiger partial charge >= 0.3 is 0 Å². The molecule has 2 heterocycles. The molecule has 1 aliphatic heterocycles. The van der Waals surface area contributed by atoms with E-state index in [1.807, 2.05) is 50.2 Å². The van der Waals surface area contributed by atoms with E-state index >= 15 is 0 Å². The van der Waals surface area contributed by atoms with Gasteiger partial charge in [-0.15, -0.1) is 0 Å². The van der Waals surface area contributed by atoms with Gasteiger partial charge in [-0.2, -0.15) is 0 Å². The Balaban J connectivity index is 1.54. The van der Waals surface area contributed by atoms with E-state index in [2.05, 4.69) is 10.3 Å². The van der Waals surface area contributed by atoms with E-state index in [4.69, 9.17) is 9.47 Å². The SMILES string of the molecule is CCO[C@H]1C[C@H](NC(=O)c2cccc(-c3ccccn3)c2C)C12CCOCC2. The van der Waals surface area contributed by atoms with Crippen LogP contribution in [-0.2, 0) is 9.47 Å². The van der Waals surface area contributed by atoms with Crippen molar-refractivity contribution in [3.63, 3.8) is 0 Å². The molecule has 2 atom stereocenters. The van der Waals surface area contributed by atoms with Gasteiger partial charge in [-0.25, -0.2) is 0 Å². The zero-order valence-corrected chi connectivity index (χ0v) is 16.6. The zero-order valence-electron chi connectivity index (χ0n) is 16.6. The molecule has 1 aromatic heterocycles. The van der Waals surface area contributed by atoms with Crippen LogP contribution in [-0.4, -0.2) is 42.9 Å². The molecule has 2 aliphatic rings. The van der Waals surface area contributed by atoms with Crippen LogP contribution in [0, 0.1) is 12.3 Å². The van der Waals surface area contributed by atoms with Crippen LogP contribution in [0.3, 0.4) is 0 Å². The Morgan fingerprint density at radius 2 is 2.07 bits per heavy atom. The van der Waals surface area contributed by atoms with Gasteiger partial charge in [0.15, 0.2) is 0 Å². The molecule has 1 N–H and O–H groups in total. The van der Waals surface area contributed by atoms with Crippen molar-refractivity contribution >= 4 is 5.91 Å². The number of carbonyl (C=O) groups excluding carboxylic acids is 1. The fraction of sp³-hybridized carbons (Fsp3) is 0.478. The van der Waals surface area contributed by atoms with E-state index in [9.17, 15) is 4.79 Å². The zero-order chi connectivity index (χ0) is 19.6. The summed E-state index contributed by atoms with van der Waals surface area (Å²) in [5.74, 6) is -0.0129. The molecule has 1 amide bonds. The number of nitrogens with zero attached hydrogens (tertiary/aromatic N) is 1. The molecule has 1 spiro atoms. The fourth-order valence-electron chi connectivity index (χ4n) is 4.72. The van der Waals surface area contributed by atoms with Crippen LogP contribution in [0.2, 0.25) is 0 Å². The highest BCUT2D eigenvalue weighted by molar-refractivity contribution is 5.97. The average molecular weight is 380 g/mol. The molecule has 2 aromatic rings. The summed E-state index contributed by atoms with van der Waals surface area (Å²) in [6, 6.07) is 11.8. The van der Waals surface area contributed by atoms with Crippen molar-refractivity contribution in [1.82, 2.24) is 10.3 Å². The van der Waals surface area contributed by atoms with Crippen molar-refractivity contribution in [3.8, 4) is 11.3 Å². The van der Waals surface area contributed by atoms with Crippen LogP contribution in [0.5, 0.6) is 0 Å². The Labute approximate surface area is 166 Å². The van der Waals surface area contributed by atoms with Crippen LogP contribution in [0.25, 0.3) is 11.3 Å². The maximum Gasteiger partial charge on any atom is 0.251 e. The summed E-state index contributed by atoms with van der Waals surface area (Å²) in [7, 11) is 0. The first kappa shape index (κ1) is 19.1. The molecule has 148 valence electrons. The second-order valence-corrected chi connectivity index (χ2v) is 7.74. The summed E-state index contributed by atoms with van der Waals surface area (Å²) < 4.78 is 11.5. The van der Waals surface area contributed by atoms with Gasteiger partial charge in [0.2, 0.25) is 0 Å². The smallest absolute Gasteiger partial charge is 0.251 e. The molecular formula is C23H28N2O3. The van der Waals surface area contributed by atoms with Gasteiger partial charge in [-0.05, 0) is 56.9 Å². The third-order valence-corrected chi connectivity index (χ3v) is 6.40. The first-order valence-corrected chi connectivity index (χ1v) is 10.2. The number of benzene rings is 1. The molecule has 4 rings (SSSR count). The van der Waals surface area contributed by atoms with Gasteiger partial charge in [0.1, 0.15) is 0 Å². The number of carbonyl (C=O) groups is 1. The first-order valence-electron chi connectivity index (χ1n) is 10.2. The highest BCUT2D eigenvalue weighted by Crippen LogP contribution is 2.50. The second kappa shape index (κ2) is 8.02. The van der Waals surface area contributed by atoms with E-state index in [-0.39, 0.29) is 23.5 Å². The number of hydrogen-bond donors (Lipinski definition) is 1. The maximum absolute atomic E-state index is 13.1. The quantitative estimate of drug-likeness (QED) is 0.858. The van der Waals surface area contributed by atoms with E-state index in [1.54, 1.807) is 6.20 Å². The highest BCUT2D eigenvalue weighted by Gasteiger charge is 2.56. The lowest BCUT2D eigenvalue weighted by Gasteiger charge is -2.57. The third kappa shape index (κ3) is 3.33. The van der Waals surface area contributed by atoms with Gasteiger partial charge in [-0.1, -0.05) is 18.2 Å². The molecule has 0 unspecified atom stereocenters. The van der Waals surface area contributed by atoms with Gasteiger partial charge in [0, 0.05) is 48.6 Å². The Morgan fingerprint density at radius 1 is 1.25 bits per heavy atom. The number of pyridine rings is 1. The van der Waals surface area contributed by atoms with Crippen molar-refractivity contribution in [2.24, 2.45) is 5.41 Å². The van der Waals surface area contributed by atoms with E-state index < -0.39 is 0 Å². The lowest BCUT2D eigenvalue weighted by molar-refractivity contribution is -0.170. The van der Waals surface area contributed by atoms with E-state index in [0.29, 0.717) is 12.2 Å². The van der Waals surface area contributed by atoms with Gasteiger partial charge in [-0.3, -0.25) is 9.78 Å². The number of amides is 1. The Kier molecular flexibility index (Phi) is 5.47. The molecule has 1 saturated carbocycles. The average Bonchev–Trinajstić information content (AvgIpc) is 2.74. The lowest BCUT2D eigenvalue weighted by Crippen LogP contribution is -2.66. The lowest BCUT2D eigenvalue weighted by atomic mass is 9.57. The number of hydrogen-bond acceptors (Lipinski definition) is 4. The molecule has 28 heavy (non-hydrogen) atoms. The predicted octanol–water partition coefficient (Wildman–Crippen LogP) is 3.76. The summed E-state index contributed by atoms with van der Waals surface area (Å²) in [6.07, 6.45) is 4.75. The van der Waals surface area contributed by atoms with Crippen molar-refractivity contribution in [2.75, 3.05) is 19.8 Å². The molecule has 5 nitrogen and oxygen atoms in total. The Morgan fingerprint density at radius 3 is 2.79 bits per heavy atom. The standard InChI is InChI=1S/C23H28N2O3/c1-3-28-21-15-20(23(21)10-13-27-14-11-23)25-22(26)18-8-6-7-17(16(18)2)19-9-4-5-12-24-19/h4-9,12,20-21H,3,10-11,13-15H2,1-2H3,(H,25,26)/t20-,21-/m0/s1. The molecule has 1 saturated heterocycles. The minimum absolute atomic E-state index is 0.0103. The summed E-state index contributed by atoms with van der Waals surface area (Å²) in [6.45, 7) is 6.21. The highest BCUT2D eigenvalue weighted by atomic mass is 16.5. The first-order chi connectivity index (χ1) is 13.7. The summed E-state index contributed by atoms with van der Waals surface area (Å²) in [4.78, 5) is 17.6. The molecule has 5 heteroatoms. The molecule has 2 fully saturated rings. The van der Waals surface area contributed by atoms with Crippen molar-refractivity contribution < 1.29 is 14.3 Å². The van der Waals surface area contributed by atoms with Crippen LogP contribution >= 0.6 is 0 Å². The normalized spacial score (nSPS) is 23.2. The maximum atomic E-state index is 13.1. The fourth-order valence-corrected chi connectivity index (χ4v) is 4.72.